The average molecular weight is 296 g/mol. The van der Waals surface area contributed by atoms with Gasteiger partial charge in [0.1, 0.15) is 0 Å². The normalized spacial score (nSPS) is 31.2. The lowest BCUT2D eigenvalue weighted by Gasteiger charge is -2.30. The third kappa shape index (κ3) is 4.19. The highest BCUT2D eigenvalue weighted by atomic mass is 16.5. The summed E-state index contributed by atoms with van der Waals surface area (Å²) in [6.07, 6.45) is 3.51. The highest BCUT2D eigenvalue weighted by Crippen LogP contribution is 2.34. The fraction of sp³-hybridized carbons (Fsp3) is 0.941. The first-order chi connectivity index (χ1) is 9.93. The largest absolute Gasteiger partial charge is 0.379 e. The molecule has 0 aromatic heterocycles. The maximum atomic E-state index is 12.8. The monoisotopic (exact) mass is 296 g/mol. The van der Waals surface area contributed by atoms with Gasteiger partial charge in [-0.05, 0) is 37.1 Å². The summed E-state index contributed by atoms with van der Waals surface area (Å²) < 4.78 is 5.53. The van der Waals surface area contributed by atoms with Crippen LogP contribution < -0.4 is 5.32 Å². The molecule has 0 spiro atoms. The fourth-order valence-electron chi connectivity index (χ4n) is 3.68. The number of nitrogens with one attached hydrogen (secondary N) is 1. The molecule has 2 heterocycles. The zero-order valence-electron chi connectivity index (χ0n) is 14.2. The summed E-state index contributed by atoms with van der Waals surface area (Å²) in [6, 6.07) is 0.198. The summed E-state index contributed by atoms with van der Waals surface area (Å²) in [5, 5.41) is 3.39. The van der Waals surface area contributed by atoms with Crippen molar-refractivity contribution >= 4 is 5.91 Å². The van der Waals surface area contributed by atoms with E-state index in [1.807, 2.05) is 0 Å². The molecule has 0 bridgehead atoms. The van der Waals surface area contributed by atoms with Crippen molar-refractivity contribution in [3.63, 3.8) is 0 Å². The van der Waals surface area contributed by atoms with Crippen LogP contribution in [0.5, 0.6) is 0 Å². The molecular weight excluding hydrogens is 264 g/mol. The van der Waals surface area contributed by atoms with Crippen molar-refractivity contribution in [3.8, 4) is 0 Å². The average Bonchev–Trinajstić information content (AvgIpc) is 2.72. The zero-order valence-corrected chi connectivity index (χ0v) is 14.2. The summed E-state index contributed by atoms with van der Waals surface area (Å²) in [5.74, 6) is 1.03. The molecule has 0 saturated carbocycles. The van der Waals surface area contributed by atoms with E-state index in [2.05, 4.69) is 37.9 Å². The molecule has 2 rings (SSSR count). The third-order valence-electron chi connectivity index (χ3n) is 5.13. The minimum absolute atomic E-state index is 0.0103. The number of likely N-dealkylation sites (tertiary alicyclic amines) is 1. The second-order valence-electron chi connectivity index (χ2n) is 7.63. The van der Waals surface area contributed by atoms with Crippen molar-refractivity contribution in [1.29, 1.82) is 0 Å². The molecule has 0 aromatic carbocycles. The Bertz CT molecular complexity index is 351. The van der Waals surface area contributed by atoms with E-state index in [1.165, 1.54) is 6.42 Å². The molecule has 4 nitrogen and oxygen atoms in total. The smallest absolute Gasteiger partial charge is 0.229 e. The van der Waals surface area contributed by atoms with Crippen molar-refractivity contribution in [1.82, 2.24) is 10.2 Å². The highest BCUT2D eigenvalue weighted by Gasteiger charge is 2.37. The summed E-state index contributed by atoms with van der Waals surface area (Å²) in [6.45, 7) is 13.0. The maximum absolute atomic E-state index is 12.8. The van der Waals surface area contributed by atoms with Crippen LogP contribution in [0.4, 0.5) is 0 Å². The second-order valence-corrected chi connectivity index (χ2v) is 7.63. The lowest BCUT2D eigenvalue weighted by Crippen LogP contribution is -2.46. The summed E-state index contributed by atoms with van der Waals surface area (Å²) in [7, 11) is 0. The predicted molar refractivity (Wildman–Crippen MR) is 85.1 cm³/mol. The summed E-state index contributed by atoms with van der Waals surface area (Å²) in [4.78, 5) is 14.9. The predicted octanol–water partition coefficient (Wildman–Crippen LogP) is 2.29. The van der Waals surface area contributed by atoms with Gasteiger partial charge in [0.05, 0.1) is 19.1 Å². The highest BCUT2D eigenvalue weighted by molar-refractivity contribution is 5.80. The Morgan fingerprint density at radius 1 is 1.24 bits per heavy atom. The van der Waals surface area contributed by atoms with Crippen molar-refractivity contribution < 1.29 is 9.53 Å². The quantitative estimate of drug-likeness (QED) is 0.869. The van der Waals surface area contributed by atoms with E-state index in [-0.39, 0.29) is 12.0 Å². The molecular formula is C17H32N2O2. The lowest BCUT2D eigenvalue weighted by atomic mass is 9.77. The third-order valence-corrected chi connectivity index (χ3v) is 5.13. The van der Waals surface area contributed by atoms with Gasteiger partial charge >= 0.3 is 0 Å². The number of rotatable bonds is 3. The topological polar surface area (TPSA) is 41.6 Å². The molecule has 3 unspecified atom stereocenters. The first kappa shape index (κ1) is 16.8. The van der Waals surface area contributed by atoms with Crippen LogP contribution in [0.2, 0.25) is 0 Å². The minimum atomic E-state index is 0.0103. The Hall–Kier alpha value is -0.610. The van der Waals surface area contributed by atoms with Crippen molar-refractivity contribution in [2.45, 2.75) is 53.0 Å². The van der Waals surface area contributed by atoms with E-state index in [1.54, 1.807) is 0 Å². The Balaban J connectivity index is 1.94. The Morgan fingerprint density at radius 2 is 2.00 bits per heavy atom. The second kappa shape index (κ2) is 7.10. The molecule has 0 radical (unpaired) electrons. The van der Waals surface area contributed by atoms with Crippen molar-refractivity contribution in [3.05, 3.63) is 0 Å². The van der Waals surface area contributed by atoms with Crippen LogP contribution in [0, 0.1) is 17.3 Å². The Morgan fingerprint density at radius 3 is 2.67 bits per heavy atom. The van der Waals surface area contributed by atoms with Crippen LogP contribution in [-0.4, -0.2) is 49.7 Å². The molecule has 0 aromatic rings. The van der Waals surface area contributed by atoms with E-state index >= 15 is 0 Å². The van der Waals surface area contributed by atoms with E-state index < -0.39 is 0 Å². The molecule has 2 saturated heterocycles. The van der Waals surface area contributed by atoms with Crippen LogP contribution in [0.15, 0.2) is 0 Å². The molecule has 2 aliphatic heterocycles. The van der Waals surface area contributed by atoms with Gasteiger partial charge in [0.25, 0.3) is 0 Å². The van der Waals surface area contributed by atoms with Crippen LogP contribution in [-0.2, 0) is 9.53 Å². The number of hydrogen-bond donors (Lipinski definition) is 1. The van der Waals surface area contributed by atoms with Gasteiger partial charge in [-0.2, -0.15) is 0 Å². The molecule has 0 aliphatic carbocycles. The minimum Gasteiger partial charge on any atom is -0.379 e. The Labute approximate surface area is 129 Å². The first-order valence-electron chi connectivity index (χ1n) is 8.53. The molecule has 2 aliphatic rings. The van der Waals surface area contributed by atoms with Crippen LogP contribution >= 0.6 is 0 Å². The van der Waals surface area contributed by atoms with Gasteiger partial charge in [-0.15, -0.1) is 0 Å². The van der Waals surface area contributed by atoms with E-state index in [0.717, 1.165) is 38.4 Å². The molecule has 122 valence electrons. The molecule has 1 N–H and O–H groups in total. The van der Waals surface area contributed by atoms with Gasteiger partial charge in [0.2, 0.25) is 5.91 Å². The molecule has 2 fully saturated rings. The van der Waals surface area contributed by atoms with E-state index in [0.29, 0.717) is 24.5 Å². The maximum Gasteiger partial charge on any atom is 0.229 e. The van der Waals surface area contributed by atoms with Gasteiger partial charge in [0.15, 0.2) is 0 Å². The van der Waals surface area contributed by atoms with Crippen LogP contribution in [0.25, 0.3) is 0 Å². The number of nitrogens with zero attached hydrogens (tertiary/aromatic N) is 1. The van der Waals surface area contributed by atoms with E-state index in [9.17, 15) is 4.79 Å². The zero-order chi connectivity index (χ0) is 15.5. The number of ether oxygens (including phenoxy) is 1. The van der Waals surface area contributed by atoms with Gasteiger partial charge in [0, 0.05) is 19.1 Å². The van der Waals surface area contributed by atoms with E-state index in [4.69, 9.17) is 4.74 Å². The molecule has 4 heteroatoms. The molecule has 3 atom stereocenters. The molecule has 21 heavy (non-hydrogen) atoms. The summed E-state index contributed by atoms with van der Waals surface area (Å²) >= 11 is 0. The van der Waals surface area contributed by atoms with Crippen molar-refractivity contribution in [2.75, 3.05) is 32.8 Å². The summed E-state index contributed by atoms with van der Waals surface area (Å²) in [5.41, 5.74) is 0.349. The Kier molecular flexibility index (Phi) is 5.67. The van der Waals surface area contributed by atoms with Gasteiger partial charge < -0.3 is 15.0 Å². The standard InChI is InChI=1S/C17H32N2O2/c1-5-18-15-12-21-11-14(15)16(20)19-9-6-7-13(8-10-19)17(2,3)4/h13-15,18H,5-12H2,1-4H3. The van der Waals surface area contributed by atoms with Crippen LogP contribution in [0.3, 0.4) is 0 Å². The first-order valence-corrected chi connectivity index (χ1v) is 8.53. The number of carbonyl (C=O) groups is 1. The molecule has 1 amide bonds. The van der Waals surface area contributed by atoms with Crippen molar-refractivity contribution in [2.24, 2.45) is 17.3 Å². The van der Waals surface area contributed by atoms with Gasteiger partial charge in [-0.3, -0.25) is 4.79 Å². The fourth-order valence-corrected chi connectivity index (χ4v) is 3.68. The number of amides is 1. The van der Waals surface area contributed by atoms with Gasteiger partial charge in [-0.1, -0.05) is 27.7 Å². The lowest BCUT2D eigenvalue weighted by molar-refractivity contribution is -0.136. The van der Waals surface area contributed by atoms with Crippen LogP contribution in [0.1, 0.15) is 47.0 Å². The number of carbonyl (C=O) groups excluding carboxylic acids is 1. The SMILES string of the molecule is CCNC1COCC1C(=O)N1CCCC(C(C)(C)C)CC1. The van der Waals surface area contributed by atoms with Gasteiger partial charge in [-0.25, -0.2) is 0 Å². The number of hydrogen-bond acceptors (Lipinski definition) is 3. The number of likely N-dealkylation sites (N-methyl/N-ethyl adjacent to an activating group) is 1.